The minimum atomic E-state index is -0.531. The molecule has 0 spiro atoms. The molecule has 0 aromatic rings. The molecule has 0 radical (unpaired) electrons. The van der Waals surface area contributed by atoms with Crippen LogP contribution >= 0.6 is 0 Å². The van der Waals surface area contributed by atoms with E-state index in [4.69, 9.17) is 5.11 Å². The van der Waals surface area contributed by atoms with Crippen molar-refractivity contribution in [2.24, 2.45) is 0 Å². The molecule has 0 bridgehead atoms. The highest BCUT2D eigenvalue weighted by molar-refractivity contribution is 5.76. The zero-order chi connectivity index (χ0) is 8.69. The van der Waals surface area contributed by atoms with E-state index in [0.29, 0.717) is 0 Å². The second kappa shape index (κ2) is 6.16. The van der Waals surface area contributed by atoms with Crippen LogP contribution in [0.5, 0.6) is 0 Å². The Balaban J connectivity index is 3.23. The van der Waals surface area contributed by atoms with Crippen LogP contribution in [0.4, 0.5) is 0 Å². The number of carbonyl (C=O) groups is 1. The van der Waals surface area contributed by atoms with Crippen LogP contribution in [0.1, 0.15) is 33.1 Å². The highest BCUT2D eigenvalue weighted by Crippen LogP contribution is 1.89. The molecule has 0 aliphatic heterocycles. The van der Waals surface area contributed by atoms with Crippen LogP contribution in [0.15, 0.2) is 0 Å². The van der Waals surface area contributed by atoms with Crippen molar-refractivity contribution >= 4 is 5.91 Å². The number of aliphatic hydroxyl groups excluding tert-OH is 1. The average molecular weight is 159 g/mol. The van der Waals surface area contributed by atoms with Gasteiger partial charge in [0.25, 0.3) is 0 Å². The van der Waals surface area contributed by atoms with Gasteiger partial charge in [0.05, 0.1) is 12.5 Å². The highest BCUT2D eigenvalue weighted by atomic mass is 16.3. The molecule has 1 atom stereocenters. The largest absolute Gasteiger partial charge is 0.393 e. The quantitative estimate of drug-likeness (QED) is 0.579. The Morgan fingerprint density at radius 2 is 2.27 bits per heavy atom. The van der Waals surface area contributed by atoms with Gasteiger partial charge in [-0.15, -0.1) is 0 Å². The smallest absolute Gasteiger partial charge is 0.222 e. The van der Waals surface area contributed by atoms with Gasteiger partial charge in [-0.05, 0) is 13.3 Å². The van der Waals surface area contributed by atoms with Gasteiger partial charge in [0, 0.05) is 6.54 Å². The second-order valence-corrected chi connectivity index (χ2v) is 2.76. The fraction of sp³-hybridized carbons (Fsp3) is 0.875. The van der Waals surface area contributed by atoms with Crippen molar-refractivity contribution in [3.8, 4) is 0 Å². The summed E-state index contributed by atoms with van der Waals surface area (Å²) in [5.74, 6) is -0.0616. The van der Waals surface area contributed by atoms with Gasteiger partial charge in [-0.1, -0.05) is 13.3 Å². The van der Waals surface area contributed by atoms with Gasteiger partial charge in [-0.2, -0.15) is 0 Å². The summed E-state index contributed by atoms with van der Waals surface area (Å²) in [6.07, 6.45) is 1.76. The highest BCUT2D eigenvalue weighted by Gasteiger charge is 2.03. The minimum Gasteiger partial charge on any atom is -0.393 e. The normalized spacial score (nSPS) is 12.6. The van der Waals surface area contributed by atoms with E-state index in [0.717, 1.165) is 19.4 Å². The molecule has 0 saturated carbocycles. The molecule has 2 N–H and O–H groups in total. The molecule has 0 aliphatic rings. The van der Waals surface area contributed by atoms with E-state index in [9.17, 15) is 4.79 Å². The van der Waals surface area contributed by atoms with Gasteiger partial charge >= 0.3 is 0 Å². The predicted octanol–water partition coefficient (Wildman–Crippen LogP) is 0.674. The molecular formula is C8H17NO2. The standard InChI is InChI=1S/C8H17NO2/c1-3-4-5-9-8(11)6-7(2)10/h7,10H,3-6H2,1-2H3,(H,9,11). The fourth-order valence-electron chi connectivity index (χ4n) is 0.745. The summed E-state index contributed by atoms with van der Waals surface area (Å²) in [6, 6.07) is 0. The van der Waals surface area contributed by atoms with Crippen molar-refractivity contribution in [2.75, 3.05) is 6.54 Å². The first-order chi connectivity index (χ1) is 5.16. The van der Waals surface area contributed by atoms with Gasteiger partial charge in [0.15, 0.2) is 0 Å². The van der Waals surface area contributed by atoms with Crippen LogP contribution in [-0.4, -0.2) is 23.7 Å². The van der Waals surface area contributed by atoms with Crippen molar-refractivity contribution in [1.29, 1.82) is 0 Å². The first-order valence-corrected chi connectivity index (χ1v) is 4.11. The molecule has 0 rings (SSSR count). The molecule has 0 saturated heterocycles. The summed E-state index contributed by atoms with van der Waals surface area (Å²) >= 11 is 0. The van der Waals surface area contributed by atoms with Crippen molar-refractivity contribution in [3.05, 3.63) is 0 Å². The Kier molecular flexibility index (Phi) is 5.84. The van der Waals surface area contributed by atoms with Crippen LogP contribution in [-0.2, 0) is 4.79 Å². The molecule has 3 nitrogen and oxygen atoms in total. The number of hydrogen-bond donors (Lipinski definition) is 2. The Hall–Kier alpha value is -0.570. The topological polar surface area (TPSA) is 49.3 Å². The molecule has 1 amide bonds. The van der Waals surface area contributed by atoms with E-state index in [-0.39, 0.29) is 12.3 Å². The molecule has 0 aliphatic carbocycles. The molecule has 3 heteroatoms. The van der Waals surface area contributed by atoms with Gasteiger partial charge in [-0.25, -0.2) is 0 Å². The lowest BCUT2D eigenvalue weighted by Crippen LogP contribution is -2.27. The third-order valence-corrected chi connectivity index (χ3v) is 1.33. The predicted molar refractivity (Wildman–Crippen MR) is 44.2 cm³/mol. The van der Waals surface area contributed by atoms with E-state index in [1.807, 2.05) is 0 Å². The van der Waals surface area contributed by atoms with E-state index in [1.54, 1.807) is 6.92 Å². The summed E-state index contributed by atoms with van der Waals surface area (Å²) in [6.45, 7) is 4.41. The number of carbonyl (C=O) groups excluding carboxylic acids is 1. The number of unbranched alkanes of at least 4 members (excludes halogenated alkanes) is 1. The summed E-state index contributed by atoms with van der Waals surface area (Å²) in [5.41, 5.74) is 0. The molecule has 0 heterocycles. The Morgan fingerprint density at radius 1 is 1.64 bits per heavy atom. The minimum absolute atomic E-state index is 0.0616. The molecule has 1 unspecified atom stereocenters. The van der Waals surface area contributed by atoms with Gasteiger partial charge in [0.1, 0.15) is 0 Å². The van der Waals surface area contributed by atoms with E-state index in [1.165, 1.54) is 0 Å². The van der Waals surface area contributed by atoms with Crippen molar-refractivity contribution in [3.63, 3.8) is 0 Å². The van der Waals surface area contributed by atoms with Crippen LogP contribution in [0, 0.1) is 0 Å². The third kappa shape index (κ3) is 7.33. The first-order valence-electron chi connectivity index (χ1n) is 4.11. The van der Waals surface area contributed by atoms with Crippen LogP contribution in [0.2, 0.25) is 0 Å². The van der Waals surface area contributed by atoms with Crippen LogP contribution < -0.4 is 5.32 Å². The molecule has 0 fully saturated rings. The average Bonchev–Trinajstić information content (AvgIpc) is 1.86. The zero-order valence-corrected chi connectivity index (χ0v) is 7.26. The monoisotopic (exact) mass is 159 g/mol. The number of nitrogens with one attached hydrogen (secondary N) is 1. The zero-order valence-electron chi connectivity index (χ0n) is 7.26. The van der Waals surface area contributed by atoms with Crippen LogP contribution in [0.3, 0.4) is 0 Å². The molecule has 0 aromatic carbocycles. The second-order valence-electron chi connectivity index (χ2n) is 2.76. The first kappa shape index (κ1) is 10.4. The lowest BCUT2D eigenvalue weighted by Gasteiger charge is -2.04. The van der Waals surface area contributed by atoms with E-state index < -0.39 is 6.10 Å². The number of amides is 1. The van der Waals surface area contributed by atoms with Gasteiger partial charge in [0.2, 0.25) is 5.91 Å². The van der Waals surface area contributed by atoms with E-state index >= 15 is 0 Å². The summed E-state index contributed by atoms with van der Waals surface area (Å²) < 4.78 is 0. The summed E-state index contributed by atoms with van der Waals surface area (Å²) in [5, 5.41) is 11.5. The maximum atomic E-state index is 10.9. The van der Waals surface area contributed by atoms with Gasteiger partial charge < -0.3 is 10.4 Å². The van der Waals surface area contributed by atoms with Crippen molar-refractivity contribution < 1.29 is 9.90 Å². The Labute approximate surface area is 67.8 Å². The summed E-state index contributed by atoms with van der Waals surface area (Å²) in [7, 11) is 0. The Bertz CT molecular complexity index is 113. The molecule has 11 heavy (non-hydrogen) atoms. The maximum absolute atomic E-state index is 10.9. The lowest BCUT2D eigenvalue weighted by atomic mass is 10.2. The number of rotatable bonds is 5. The van der Waals surface area contributed by atoms with Crippen LogP contribution in [0.25, 0.3) is 0 Å². The number of hydrogen-bond acceptors (Lipinski definition) is 2. The van der Waals surface area contributed by atoms with Crippen molar-refractivity contribution in [2.45, 2.75) is 39.2 Å². The van der Waals surface area contributed by atoms with Crippen molar-refractivity contribution in [1.82, 2.24) is 5.32 Å². The lowest BCUT2D eigenvalue weighted by molar-refractivity contribution is -0.122. The molecule has 0 aromatic heterocycles. The number of aliphatic hydroxyl groups is 1. The fourth-order valence-corrected chi connectivity index (χ4v) is 0.745. The Morgan fingerprint density at radius 3 is 2.73 bits per heavy atom. The SMILES string of the molecule is CCCCNC(=O)CC(C)O. The molecule has 66 valence electrons. The van der Waals surface area contributed by atoms with E-state index in [2.05, 4.69) is 12.2 Å². The van der Waals surface area contributed by atoms with Gasteiger partial charge in [-0.3, -0.25) is 4.79 Å². The third-order valence-electron chi connectivity index (χ3n) is 1.33. The molecular weight excluding hydrogens is 142 g/mol. The maximum Gasteiger partial charge on any atom is 0.222 e. The summed E-state index contributed by atoms with van der Waals surface area (Å²) in [4.78, 5) is 10.9.